The molecule has 98 valence electrons. The van der Waals surface area contributed by atoms with Crippen LogP contribution in [0.5, 0.6) is 0 Å². The molecule has 3 saturated carbocycles. The first-order valence-corrected chi connectivity index (χ1v) is 8.09. The van der Waals surface area contributed by atoms with Gasteiger partial charge in [-0.1, -0.05) is 13.3 Å². The lowest BCUT2D eigenvalue weighted by Gasteiger charge is -2.62. The summed E-state index contributed by atoms with van der Waals surface area (Å²) in [6.07, 6.45) is 8.78. The Hall–Kier alpha value is 0.660. The second-order valence-corrected chi connectivity index (χ2v) is 8.69. The van der Waals surface area contributed by atoms with E-state index in [9.17, 15) is 0 Å². The highest BCUT2D eigenvalue weighted by Crippen LogP contribution is 2.59. The largest absolute Gasteiger partial charge is 0.325 e. The number of hydrogen-bond acceptors (Lipinski definition) is 3. The molecule has 3 fully saturated rings. The monoisotopic (exact) mass is 271 g/mol. The van der Waals surface area contributed by atoms with E-state index in [2.05, 4.69) is 6.92 Å². The fourth-order valence-electron chi connectivity index (χ4n) is 5.44. The molecule has 5 unspecified atom stereocenters. The lowest BCUT2D eigenvalue weighted by atomic mass is 9.51. The summed E-state index contributed by atoms with van der Waals surface area (Å²) < 4.78 is 0.169. The van der Waals surface area contributed by atoms with Gasteiger partial charge in [0.05, 0.1) is 0 Å². The Morgan fingerprint density at radius 1 is 1.24 bits per heavy atom. The molecule has 0 bridgehead atoms. The van der Waals surface area contributed by atoms with Crippen molar-refractivity contribution in [3.63, 3.8) is 0 Å². The van der Waals surface area contributed by atoms with Gasteiger partial charge in [-0.15, -0.1) is 0 Å². The molecule has 17 heavy (non-hydrogen) atoms. The molecule has 3 aliphatic rings. The summed E-state index contributed by atoms with van der Waals surface area (Å²) in [4.78, 5) is 0. The van der Waals surface area contributed by atoms with E-state index in [1.807, 2.05) is 0 Å². The first-order chi connectivity index (χ1) is 7.93. The fourth-order valence-corrected chi connectivity index (χ4v) is 7.18. The Kier molecular flexibility index (Phi) is 3.04. The van der Waals surface area contributed by atoms with Crippen LogP contribution in [-0.2, 0) is 0 Å². The van der Waals surface area contributed by atoms with Gasteiger partial charge in [-0.25, -0.2) is 0 Å². The van der Waals surface area contributed by atoms with Gasteiger partial charge in [0.15, 0.2) is 0 Å². The average molecular weight is 271 g/mol. The van der Waals surface area contributed by atoms with Gasteiger partial charge >= 0.3 is 0 Å². The van der Waals surface area contributed by atoms with Crippen molar-refractivity contribution in [2.24, 2.45) is 23.5 Å². The Balaban J connectivity index is 1.98. The van der Waals surface area contributed by atoms with Crippen LogP contribution in [0.4, 0.5) is 0 Å². The van der Waals surface area contributed by atoms with Crippen LogP contribution in [0.2, 0.25) is 0 Å². The minimum absolute atomic E-state index is 0.0796. The molecule has 0 heterocycles. The molecule has 3 heteroatoms. The van der Waals surface area contributed by atoms with Crippen LogP contribution < -0.4 is 5.73 Å². The zero-order chi connectivity index (χ0) is 12.3. The Morgan fingerprint density at radius 2 is 2.00 bits per heavy atom. The normalized spacial score (nSPS) is 58.6. The van der Waals surface area contributed by atoms with Crippen LogP contribution in [0.15, 0.2) is 0 Å². The molecule has 0 spiro atoms. The summed E-state index contributed by atoms with van der Waals surface area (Å²) in [6, 6.07) is 0. The molecular weight excluding hydrogens is 246 g/mol. The molecule has 0 aliphatic heterocycles. The first-order valence-electron chi connectivity index (χ1n) is 7.12. The lowest BCUT2D eigenvalue weighted by Crippen LogP contribution is -2.66. The SMILES string of the molecule is C[C@H]1CC2(N)CCCC3CC(S)CC(S)(C1)C32. The molecule has 6 atom stereocenters. The van der Waals surface area contributed by atoms with E-state index in [-0.39, 0.29) is 10.3 Å². The van der Waals surface area contributed by atoms with E-state index in [4.69, 9.17) is 31.0 Å². The fraction of sp³-hybridized carbons (Fsp3) is 1.00. The predicted octanol–water partition coefficient (Wildman–Crippen LogP) is 3.29. The topological polar surface area (TPSA) is 26.0 Å². The van der Waals surface area contributed by atoms with Gasteiger partial charge in [-0.3, -0.25) is 0 Å². The highest BCUT2D eigenvalue weighted by molar-refractivity contribution is 7.82. The van der Waals surface area contributed by atoms with Gasteiger partial charge in [0.25, 0.3) is 0 Å². The van der Waals surface area contributed by atoms with E-state index in [1.165, 1.54) is 38.5 Å². The summed E-state index contributed by atoms with van der Waals surface area (Å²) in [7, 11) is 0. The summed E-state index contributed by atoms with van der Waals surface area (Å²) in [6.45, 7) is 2.36. The number of thiol groups is 2. The van der Waals surface area contributed by atoms with Crippen molar-refractivity contribution >= 4 is 25.3 Å². The molecule has 2 N–H and O–H groups in total. The standard InChI is InChI=1S/C14H25NS2/c1-9-6-13(15)4-2-3-10-5-11(16)8-14(17,7-9)12(10)13/h9-12,16-17H,2-8,15H2,1H3/t9-,10?,11?,12?,13?,14?/m0/s1. The number of hydrogen-bond donors (Lipinski definition) is 3. The van der Waals surface area contributed by atoms with Crippen LogP contribution in [-0.4, -0.2) is 15.5 Å². The van der Waals surface area contributed by atoms with E-state index in [0.717, 1.165) is 18.3 Å². The third kappa shape index (κ3) is 1.97. The molecule has 0 amide bonds. The highest BCUT2D eigenvalue weighted by Gasteiger charge is 2.58. The van der Waals surface area contributed by atoms with E-state index in [0.29, 0.717) is 11.2 Å². The van der Waals surface area contributed by atoms with Gasteiger partial charge in [-0.05, 0) is 56.3 Å². The number of nitrogens with two attached hydrogens (primary N) is 1. The Labute approximate surface area is 116 Å². The summed E-state index contributed by atoms with van der Waals surface area (Å²) in [5.74, 6) is 2.16. The Bertz CT molecular complexity index is 317. The molecule has 0 saturated heterocycles. The molecule has 0 aromatic carbocycles. The zero-order valence-electron chi connectivity index (χ0n) is 10.7. The molecule has 0 aromatic rings. The van der Waals surface area contributed by atoms with Crippen molar-refractivity contribution in [2.45, 2.75) is 67.4 Å². The zero-order valence-corrected chi connectivity index (χ0v) is 12.5. The van der Waals surface area contributed by atoms with Crippen LogP contribution in [0, 0.1) is 17.8 Å². The minimum Gasteiger partial charge on any atom is -0.325 e. The maximum Gasteiger partial charge on any atom is 0.0201 e. The highest BCUT2D eigenvalue weighted by atomic mass is 32.1. The van der Waals surface area contributed by atoms with Gasteiger partial charge in [0.1, 0.15) is 0 Å². The summed E-state index contributed by atoms with van der Waals surface area (Å²) in [5, 5.41) is 0.543. The minimum atomic E-state index is 0.0796. The molecule has 3 aliphatic carbocycles. The van der Waals surface area contributed by atoms with Gasteiger partial charge in [0, 0.05) is 15.5 Å². The van der Waals surface area contributed by atoms with E-state index in [1.54, 1.807) is 0 Å². The van der Waals surface area contributed by atoms with Crippen molar-refractivity contribution in [3.05, 3.63) is 0 Å². The van der Waals surface area contributed by atoms with Crippen LogP contribution in [0.3, 0.4) is 0 Å². The van der Waals surface area contributed by atoms with Crippen molar-refractivity contribution in [3.8, 4) is 0 Å². The van der Waals surface area contributed by atoms with E-state index < -0.39 is 0 Å². The maximum atomic E-state index is 6.80. The van der Waals surface area contributed by atoms with Gasteiger partial charge in [-0.2, -0.15) is 25.3 Å². The summed E-state index contributed by atoms with van der Waals surface area (Å²) >= 11 is 9.89. The maximum absolute atomic E-state index is 6.80. The van der Waals surface area contributed by atoms with Gasteiger partial charge in [0.2, 0.25) is 0 Å². The van der Waals surface area contributed by atoms with Crippen molar-refractivity contribution < 1.29 is 0 Å². The van der Waals surface area contributed by atoms with Crippen molar-refractivity contribution in [2.75, 3.05) is 0 Å². The predicted molar refractivity (Wildman–Crippen MR) is 79.9 cm³/mol. The van der Waals surface area contributed by atoms with Crippen LogP contribution in [0.1, 0.15) is 51.9 Å². The van der Waals surface area contributed by atoms with Crippen LogP contribution in [0.25, 0.3) is 0 Å². The molecule has 0 aromatic heterocycles. The quantitative estimate of drug-likeness (QED) is 0.579. The Morgan fingerprint density at radius 3 is 2.76 bits per heavy atom. The van der Waals surface area contributed by atoms with Crippen LogP contribution >= 0.6 is 25.3 Å². The second-order valence-electron chi connectivity index (χ2n) is 7.07. The summed E-state index contributed by atoms with van der Waals surface area (Å²) in [5.41, 5.74) is 6.88. The number of rotatable bonds is 0. The lowest BCUT2D eigenvalue weighted by molar-refractivity contribution is -0.00551. The molecular formula is C14H25NS2. The molecule has 0 radical (unpaired) electrons. The van der Waals surface area contributed by atoms with E-state index >= 15 is 0 Å². The molecule has 1 nitrogen and oxygen atoms in total. The first kappa shape index (κ1) is 12.7. The second kappa shape index (κ2) is 4.08. The van der Waals surface area contributed by atoms with Crippen molar-refractivity contribution in [1.29, 1.82) is 0 Å². The van der Waals surface area contributed by atoms with Gasteiger partial charge < -0.3 is 5.73 Å². The third-order valence-electron chi connectivity index (χ3n) is 5.48. The third-order valence-corrected chi connectivity index (χ3v) is 6.52. The smallest absolute Gasteiger partial charge is 0.0201 e. The van der Waals surface area contributed by atoms with Crippen molar-refractivity contribution in [1.82, 2.24) is 0 Å². The average Bonchev–Trinajstić information content (AvgIpc) is 2.12. The molecule has 3 rings (SSSR count).